The minimum absolute atomic E-state index is 0.139. The zero-order chi connectivity index (χ0) is 17.7. The molecule has 0 aliphatic heterocycles. The second kappa shape index (κ2) is 13.7. The lowest BCUT2D eigenvalue weighted by Crippen LogP contribution is -2.50. The molecular weight excluding hydrogens is 324 g/mol. The van der Waals surface area contributed by atoms with Crippen LogP contribution in [0.2, 0.25) is 6.04 Å². The van der Waals surface area contributed by atoms with Gasteiger partial charge in [-0.15, -0.1) is 0 Å². The van der Waals surface area contributed by atoms with Gasteiger partial charge >= 0.3 is 8.80 Å². The van der Waals surface area contributed by atoms with Crippen LogP contribution < -0.4 is 0 Å². The maximum atomic E-state index is 6.21. The Morgan fingerprint density at radius 2 is 0.957 bits per heavy atom. The monoisotopic (exact) mass is 364 g/mol. The van der Waals surface area contributed by atoms with Gasteiger partial charge in [0, 0.05) is 24.4 Å². The van der Waals surface area contributed by atoms with Gasteiger partial charge in [0.05, 0.1) is 0 Å². The average molecular weight is 365 g/mol. The summed E-state index contributed by atoms with van der Waals surface area (Å²) in [6, 6.07) is 0.929. The van der Waals surface area contributed by atoms with Crippen molar-refractivity contribution in [2.45, 2.75) is 111 Å². The first-order chi connectivity index (χ1) is 10.8. The molecule has 0 saturated carbocycles. The van der Waals surface area contributed by atoms with Crippen LogP contribution in [0, 0.1) is 0 Å². The van der Waals surface area contributed by atoms with Gasteiger partial charge in [0.15, 0.2) is 0 Å². The van der Waals surface area contributed by atoms with Crippen molar-refractivity contribution in [2.75, 3.05) is 5.75 Å². The van der Waals surface area contributed by atoms with Crippen LogP contribution in [0.5, 0.6) is 0 Å². The van der Waals surface area contributed by atoms with Gasteiger partial charge in [-0.25, -0.2) is 0 Å². The summed E-state index contributed by atoms with van der Waals surface area (Å²) in [5, 5.41) is 0. The van der Waals surface area contributed by atoms with Crippen molar-refractivity contribution in [2.24, 2.45) is 0 Å². The molecule has 0 rings (SSSR count). The fourth-order valence-electron chi connectivity index (χ4n) is 2.67. The molecule has 0 aliphatic rings. The van der Waals surface area contributed by atoms with E-state index in [1.54, 1.807) is 0 Å². The quantitative estimate of drug-likeness (QED) is 0.224. The first kappa shape index (κ1) is 23.4. The van der Waals surface area contributed by atoms with Crippen molar-refractivity contribution in [1.29, 1.82) is 0 Å². The molecular formula is C18H40O3SSi. The molecule has 3 nitrogen and oxygen atoms in total. The van der Waals surface area contributed by atoms with E-state index in [9.17, 15) is 0 Å². The first-order valence-corrected chi connectivity index (χ1v) is 12.0. The van der Waals surface area contributed by atoms with Gasteiger partial charge < -0.3 is 13.3 Å². The summed E-state index contributed by atoms with van der Waals surface area (Å²) in [6.45, 7) is 12.4. The Morgan fingerprint density at radius 1 is 0.609 bits per heavy atom. The Labute approximate surface area is 151 Å². The Bertz CT molecular complexity index is 246. The van der Waals surface area contributed by atoms with Gasteiger partial charge in [-0.2, -0.15) is 12.6 Å². The first-order valence-electron chi connectivity index (χ1n) is 9.45. The SMILES string of the molecule is CC(C)O[Si](CCCCCCCCCS)(OC(C)C)OC(C)C. The fraction of sp³-hybridized carbons (Fsp3) is 1.00. The van der Waals surface area contributed by atoms with E-state index in [4.69, 9.17) is 13.3 Å². The van der Waals surface area contributed by atoms with Crippen molar-refractivity contribution in [1.82, 2.24) is 0 Å². The molecule has 0 saturated heterocycles. The molecule has 5 heteroatoms. The number of unbranched alkanes of at least 4 members (excludes halogenated alkanes) is 6. The predicted octanol–water partition coefficient (Wildman–Crippen LogP) is 5.86. The summed E-state index contributed by atoms with van der Waals surface area (Å²) in [4.78, 5) is 0. The number of hydrogen-bond donors (Lipinski definition) is 1. The molecule has 0 bridgehead atoms. The predicted molar refractivity (Wildman–Crippen MR) is 105 cm³/mol. The van der Waals surface area contributed by atoms with Crippen molar-refractivity contribution in [3.8, 4) is 0 Å². The summed E-state index contributed by atoms with van der Waals surface area (Å²) >= 11 is 4.26. The zero-order valence-electron chi connectivity index (χ0n) is 16.3. The normalized spacial score (nSPS) is 12.8. The molecule has 0 spiro atoms. The molecule has 0 atom stereocenters. The standard InChI is InChI=1S/C18H40O3SSi/c1-16(2)19-23(20-17(3)4,21-18(5)6)15-13-11-9-7-8-10-12-14-22/h16-18,22H,7-15H2,1-6H3. The zero-order valence-corrected chi connectivity index (χ0v) is 18.2. The van der Waals surface area contributed by atoms with E-state index < -0.39 is 8.80 Å². The van der Waals surface area contributed by atoms with Crippen LogP contribution >= 0.6 is 12.6 Å². The van der Waals surface area contributed by atoms with Crippen LogP contribution in [-0.2, 0) is 13.3 Å². The molecule has 0 aromatic heterocycles. The topological polar surface area (TPSA) is 27.7 Å². The highest BCUT2D eigenvalue weighted by Gasteiger charge is 2.43. The molecule has 23 heavy (non-hydrogen) atoms. The van der Waals surface area contributed by atoms with Crippen LogP contribution in [0.4, 0.5) is 0 Å². The highest BCUT2D eigenvalue weighted by Crippen LogP contribution is 2.25. The maximum absolute atomic E-state index is 6.21. The minimum atomic E-state index is -2.58. The van der Waals surface area contributed by atoms with Crippen molar-refractivity contribution in [3.05, 3.63) is 0 Å². The highest BCUT2D eigenvalue weighted by atomic mass is 32.1. The molecule has 0 amide bonds. The van der Waals surface area contributed by atoms with Crippen LogP contribution in [0.25, 0.3) is 0 Å². The van der Waals surface area contributed by atoms with Crippen LogP contribution in [0.3, 0.4) is 0 Å². The molecule has 140 valence electrons. The van der Waals surface area contributed by atoms with E-state index >= 15 is 0 Å². The van der Waals surface area contributed by atoms with Gasteiger partial charge in [-0.3, -0.25) is 0 Å². The van der Waals surface area contributed by atoms with Crippen LogP contribution in [-0.4, -0.2) is 32.9 Å². The summed E-state index contributed by atoms with van der Waals surface area (Å²) in [5.41, 5.74) is 0. The summed E-state index contributed by atoms with van der Waals surface area (Å²) in [7, 11) is -2.58. The number of hydrogen-bond acceptors (Lipinski definition) is 4. The third-order valence-corrected chi connectivity index (χ3v) is 7.16. The molecule has 0 aliphatic carbocycles. The minimum Gasteiger partial charge on any atom is -0.371 e. The van der Waals surface area contributed by atoms with Crippen molar-refractivity contribution >= 4 is 21.4 Å². The summed E-state index contributed by atoms with van der Waals surface area (Å²) in [5.74, 6) is 1.01. The van der Waals surface area contributed by atoms with Gasteiger partial charge in [0.1, 0.15) is 0 Å². The third-order valence-electron chi connectivity index (χ3n) is 3.39. The Hall–Kier alpha value is 0.447. The lowest BCUT2D eigenvalue weighted by Gasteiger charge is -2.34. The van der Waals surface area contributed by atoms with Crippen LogP contribution in [0.15, 0.2) is 0 Å². The van der Waals surface area contributed by atoms with E-state index in [2.05, 4.69) is 54.2 Å². The molecule has 0 fully saturated rings. The van der Waals surface area contributed by atoms with Crippen molar-refractivity contribution < 1.29 is 13.3 Å². The highest BCUT2D eigenvalue weighted by molar-refractivity contribution is 7.80. The summed E-state index contributed by atoms with van der Waals surface area (Å²) < 4.78 is 18.6. The second-order valence-corrected chi connectivity index (χ2v) is 10.2. The van der Waals surface area contributed by atoms with Gasteiger partial charge in [-0.05, 0) is 60.1 Å². The molecule has 0 unspecified atom stereocenters. The number of rotatable bonds is 15. The Balaban J connectivity index is 4.32. The Kier molecular flexibility index (Phi) is 14.0. The third kappa shape index (κ3) is 13.4. The van der Waals surface area contributed by atoms with E-state index in [0.717, 1.165) is 18.2 Å². The number of thiol groups is 1. The molecule has 0 N–H and O–H groups in total. The van der Waals surface area contributed by atoms with E-state index in [-0.39, 0.29) is 18.3 Å². The summed E-state index contributed by atoms with van der Waals surface area (Å²) in [6.07, 6.45) is 9.28. The van der Waals surface area contributed by atoms with Gasteiger partial charge in [0.2, 0.25) is 0 Å². The average Bonchev–Trinajstić information content (AvgIpc) is 2.39. The largest absolute Gasteiger partial charge is 0.501 e. The molecule has 0 aromatic carbocycles. The molecule has 0 radical (unpaired) electrons. The van der Waals surface area contributed by atoms with Gasteiger partial charge in [0.25, 0.3) is 0 Å². The lowest BCUT2D eigenvalue weighted by molar-refractivity contribution is 0.00278. The molecule has 0 aromatic rings. The van der Waals surface area contributed by atoms with E-state index in [0.29, 0.717) is 0 Å². The smallest absolute Gasteiger partial charge is 0.371 e. The van der Waals surface area contributed by atoms with E-state index in [1.807, 2.05) is 0 Å². The Morgan fingerprint density at radius 3 is 1.30 bits per heavy atom. The lowest BCUT2D eigenvalue weighted by atomic mass is 10.1. The van der Waals surface area contributed by atoms with E-state index in [1.165, 1.54) is 38.5 Å². The second-order valence-electron chi connectivity index (χ2n) is 7.13. The fourth-order valence-corrected chi connectivity index (χ4v) is 6.26. The van der Waals surface area contributed by atoms with Crippen LogP contribution in [0.1, 0.15) is 86.5 Å². The van der Waals surface area contributed by atoms with Crippen molar-refractivity contribution in [3.63, 3.8) is 0 Å². The molecule has 0 heterocycles. The maximum Gasteiger partial charge on any atom is 0.501 e. The van der Waals surface area contributed by atoms with Gasteiger partial charge in [-0.1, -0.05) is 32.1 Å².